The third kappa shape index (κ3) is 3.50. The van der Waals surface area contributed by atoms with Crippen LogP contribution < -0.4 is 4.90 Å². The normalized spacial score (nSPS) is 11.2. The molecule has 0 aliphatic rings. The number of likely N-dealkylation sites (N-methyl/N-ethyl adjacent to an activating group) is 1. The Bertz CT molecular complexity index is 877. The topological polar surface area (TPSA) is 49.2 Å². The molecule has 0 aliphatic carbocycles. The van der Waals surface area contributed by atoms with E-state index in [9.17, 15) is 5.11 Å². The fraction of sp³-hybridized carbons (Fsp3) is 0.368. The van der Waals surface area contributed by atoms with Crippen molar-refractivity contribution in [1.82, 2.24) is 9.97 Å². The summed E-state index contributed by atoms with van der Waals surface area (Å²) in [6, 6.07) is 8.69. The summed E-state index contributed by atoms with van der Waals surface area (Å²) >= 11 is 7.82. The zero-order chi connectivity index (χ0) is 18.0. The Hall–Kier alpha value is -1.69. The Morgan fingerprint density at radius 3 is 2.44 bits per heavy atom. The molecule has 0 unspecified atom stereocenters. The molecule has 0 amide bonds. The Morgan fingerprint density at radius 2 is 1.84 bits per heavy atom. The molecule has 4 nitrogen and oxygen atoms in total. The molecular weight excluding hydrogens is 354 g/mol. The minimum Gasteiger partial charge on any atom is -0.395 e. The summed E-state index contributed by atoms with van der Waals surface area (Å²) in [6.45, 7) is 4.86. The first-order valence-electron chi connectivity index (χ1n) is 8.49. The summed E-state index contributed by atoms with van der Waals surface area (Å²) < 4.78 is 0. The van der Waals surface area contributed by atoms with Gasteiger partial charge in [-0.2, -0.15) is 4.98 Å². The molecule has 2 heterocycles. The van der Waals surface area contributed by atoms with E-state index in [0.29, 0.717) is 6.54 Å². The maximum absolute atomic E-state index is 9.32. The van der Waals surface area contributed by atoms with Gasteiger partial charge in [-0.3, -0.25) is 0 Å². The van der Waals surface area contributed by atoms with Crippen LogP contribution in [0.3, 0.4) is 0 Å². The van der Waals surface area contributed by atoms with Crippen LogP contribution in [-0.4, -0.2) is 35.3 Å². The van der Waals surface area contributed by atoms with Crippen LogP contribution >= 0.6 is 22.9 Å². The minimum atomic E-state index is 0.0604. The first kappa shape index (κ1) is 18.1. The van der Waals surface area contributed by atoms with Gasteiger partial charge in [0.1, 0.15) is 10.6 Å². The van der Waals surface area contributed by atoms with Crippen molar-refractivity contribution < 1.29 is 5.11 Å². The average Bonchev–Trinajstić information content (AvgIpc) is 2.99. The summed E-state index contributed by atoms with van der Waals surface area (Å²) in [5.41, 5.74) is 3.67. The van der Waals surface area contributed by atoms with Crippen LogP contribution in [0.4, 0.5) is 5.82 Å². The summed E-state index contributed by atoms with van der Waals surface area (Å²) in [6.07, 6.45) is 1.95. The molecule has 0 radical (unpaired) electrons. The zero-order valence-electron chi connectivity index (χ0n) is 14.7. The molecule has 0 saturated carbocycles. The van der Waals surface area contributed by atoms with E-state index < -0.39 is 0 Å². The number of nitrogens with zero attached hydrogens (tertiary/aromatic N) is 3. The molecule has 6 heteroatoms. The summed E-state index contributed by atoms with van der Waals surface area (Å²) in [5, 5.41) is 10.6. The van der Waals surface area contributed by atoms with Crippen molar-refractivity contribution in [3.05, 3.63) is 40.0 Å². The molecule has 0 bridgehead atoms. The lowest BCUT2D eigenvalue weighted by Gasteiger charge is -2.18. The molecule has 132 valence electrons. The molecule has 0 fully saturated rings. The molecule has 3 aromatic rings. The second-order valence-electron chi connectivity index (χ2n) is 5.95. The number of fused-ring (bicyclic) bond motifs is 1. The van der Waals surface area contributed by atoms with Gasteiger partial charge in [0.2, 0.25) is 5.28 Å². The monoisotopic (exact) mass is 375 g/mol. The van der Waals surface area contributed by atoms with E-state index in [-0.39, 0.29) is 11.9 Å². The van der Waals surface area contributed by atoms with E-state index in [4.69, 9.17) is 11.6 Å². The van der Waals surface area contributed by atoms with Gasteiger partial charge in [-0.25, -0.2) is 4.98 Å². The van der Waals surface area contributed by atoms with Gasteiger partial charge in [0, 0.05) is 24.0 Å². The Kier molecular flexibility index (Phi) is 5.57. The van der Waals surface area contributed by atoms with Crippen molar-refractivity contribution >= 4 is 39.0 Å². The number of aryl methyl sites for hydroxylation is 2. The van der Waals surface area contributed by atoms with Crippen LogP contribution in [0, 0.1) is 0 Å². The van der Waals surface area contributed by atoms with E-state index in [1.807, 2.05) is 11.9 Å². The fourth-order valence-corrected chi connectivity index (χ4v) is 4.34. The largest absolute Gasteiger partial charge is 0.395 e. The number of rotatable bonds is 6. The number of thiophene rings is 1. The number of aliphatic hydroxyl groups excluding tert-OH is 1. The predicted molar refractivity (Wildman–Crippen MR) is 107 cm³/mol. The van der Waals surface area contributed by atoms with Crippen molar-refractivity contribution in [2.24, 2.45) is 0 Å². The van der Waals surface area contributed by atoms with Gasteiger partial charge in [-0.05, 0) is 35.6 Å². The van der Waals surface area contributed by atoms with Gasteiger partial charge in [0.15, 0.2) is 0 Å². The third-order valence-electron chi connectivity index (χ3n) is 4.35. The van der Waals surface area contributed by atoms with Crippen LogP contribution in [0.15, 0.2) is 24.3 Å². The quantitative estimate of drug-likeness (QED) is 0.641. The van der Waals surface area contributed by atoms with Gasteiger partial charge in [0.05, 0.1) is 12.0 Å². The Morgan fingerprint density at radius 1 is 1.12 bits per heavy atom. The van der Waals surface area contributed by atoms with Gasteiger partial charge in [0.25, 0.3) is 0 Å². The highest BCUT2D eigenvalue weighted by molar-refractivity contribution is 7.19. The SMILES string of the molecule is CCc1ccc(-c2c(CC)sc3nc(Cl)nc(N(C)CCO)c23)cc1. The lowest BCUT2D eigenvalue weighted by atomic mass is 10.00. The Balaban J connectivity index is 2.28. The predicted octanol–water partition coefficient (Wildman–Crippen LogP) is 4.57. The van der Waals surface area contributed by atoms with E-state index >= 15 is 0 Å². The standard InChI is InChI=1S/C19H22ClN3OS/c1-4-12-6-8-13(9-7-12)15-14(5-2)25-18-16(15)17(21-19(20)22-18)23(3)10-11-24/h6-9,24H,4-5,10-11H2,1-3H3. The molecule has 0 spiro atoms. The highest BCUT2D eigenvalue weighted by Gasteiger charge is 2.21. The third-order valence-corrected chi connectivity index (χ3v) is 5.74. The van der Waals surface area contributed by atoms with Crippen molar-refractivity contribution in [1.29, 1.82) is 0 Å². The lowest BCUT2D eigenvalue weighted by Crippen LogP contribution is -2.22. The first-order valence-corrected chi connectivity index (χ1v) is 9.68. The van der Waals surface area contributed by atoms with Crippen molar-refractivity contribution in [3.8, 4) is 11.1 Å². The first-order chi connectivity index (χ1) is 12.1. The van der Waals surface area contributed by atoms with E-state index in [2.05, 4.69) is 48.1 Å². The molecule has 1 N–H and O–H groups in total. The van der Waals surface area contributed by atoms with Crippen LogP contribution in [0.2, 0.25) is 5.28 Å². The summed E-state index contributed by atoms with van der Waals surface area (Å²) in [5.74, 6) is 0.773. The molecule has 0 aliphatic heterocycles. The molecule has 25 heavy (non-hydrogen) atoms. The zero-order valence-corrected chi connectivity index (χ0v) is 16.3. The second kappa shape index (κ2) is 7.68. The highest BCUT2D eigenvalue weighted by atomic mass is 35.5. The fourth-order valence-electron chi connectivity index (χ4n) is 3.00. The number of aliphatic hydroxyl groups is 1. The maximum atomic E-state index is 9.32. The van der Waals surface area contributed by atoms with Gasteiger partial charge in [-0.15, -0.1) is 11.3 Å². The number of benzene rings is 1. The molecular formula is C19H22ClN3OS. The second-order valence-corrected chi connectivity index (χ2v) is 7.37. The molecule has 0 atom stereocenters. The maximum Gasteiger partial charge on any atom is 0.225 e. The van der Waals surface area contributed by atoms with Gasteiger partial charge >= 0.3 is 0 Å². The smallest absolute Gasteiger partial charge is 0.225 e. The van der Waals surface area contributed by atoms with Crippen molar-refractivity contribution in [2.45, 2.75) is 26.7 Å². The molecule has 3 rings (SSSR count). The molecule has 0 saturated heterocycles. The van der Waals surface area contributed by atoms with E-state index in [0.717, 1.165) is 28.9 Å². The molecule has 2 aromatic heterocycles. The van der Waals surface area contributed by atoms with E-state index in [1.165, 1.54) is 21.6 Å². The van der Waals surface area contributed by atoms with Crippen LogP contribution in [0.1, 0.15) is 24.3 Å². The number of halogens is 1. The average molecular weight is 376 g/mol. The lowest BCUT2D eigenvalue weighted by molar-refractivity contribution is 0.304. The van der Waals surface area contributed by atoms with Crippen molar-refractivity contribution in [2.75, 3.05) is 25.1 Å². The van der Waals surface area contributed by atoms with Crippen LogP contribution in [0.25, 0.3) is 21.3 Å². The van der Waals surface area contributed by atoms with Crippen LogP contribution in [-0.2, 0) is 12.8 Å². The van der Waals surface area contributed by atoms with Gasteiger partial charge < -0.3 is 10.0 Å². The van der Waals surface area contributed by atoms with Crippen molar-refractivity contribution in [3.63, 3.8) is 0 Å². The highest BCUT2D eigenvalue weighted by Crippen LogP contribution is 2.42. The van der Waals surface area contributed by atoms with E-state index in [1.54, 1.807) is 11.3 Å². The van der Waals surface area contributed by atoms with Crippen LogP contribution in [0.5, 0.6) is 0 Å². The number of aromatic nitrogens is 2. The summed E-state index contributed by atoms with van der Waals surface area (Å²) in [7, 11) is 1.92. The summed E-state index contributed by atoms with van der Waals surface area (Å²) in [4.78, 5) is 13.0. The van der Waals surface area contributed by atoms with Gasteiger partial charge in [-0.1, -0.05) is 38.1 Å². The number of hydrogen-bond acceptors (Lipinski definition) is 5. The molecule has 1 aromatic carbocycles. The number of anilines is 1. The number of hydrogen-bond donors (Lipinski definition) is 1. The minimum absolute atomic E-state index is 0.0604. The Labute approximate surface area is 157 Å².